The molecule has 0 bridgehead atoms. The second-order valence-electron chi connectivity index (χ2n) is 3.89. The number of amides is 1. The molecule has 0 aromatic heterocycles. The van der Waals surface area contributed by atoms with Crippen LogP contribution in [0.2, 0.25) is 0 Å². The fourth-order valence-corrected chi connectivity index (χ4v) is 1.54. The van der Waals surface area contributed by atoms with Gasteiger partial charge in [-0.05, 0) is 24.6 Å². The number of hydrogen-bond donors (Lipinski definition) is 2. The molecule has 6 heteroatoms. The summed E-state index contributed by atoms with van der Waals surface area (Å²) in [6.07, 6.45) is -0.334. The Kier molecular flexibility index (Phi) is 5.66. The van der Waals surface area contributed by atoms with Gasteiger partial charge in [-0.25, -0.2) is 9.59 Å². The van der Waals surface area contributed by atoms with Gasteiger partial charge in [0.2, 0.25) is 0 Å². The van der Waals surface area contributed by atoms with Crippen LogP contribution in [0.4, 0.5) is 10.5 Å². The second-order valence-corrected chi connectivity index (χ2v) is 3.89. The number of esters is 1. The lowest BCUT2D eigenvalue weighted by Crippen LogP contribution is -2.43. The monoisotopic (exact) mass is 266 g/mol. The van der Waals surface area contributed by atoms with E-state index in [0.717, 1.165) is 5.56 Å². The third-order valence-corrected chi connectivity index (χ3v) is 2.47. The molecule has 1 aromatic rings. The number of methoxy groups -OCH3 is 1. The van der Waals surface area contributed by atoms with Crippen LogP contribution in [0.3, 0.4) is 0 Å². The maximum atomic E-state index is 11.6. The molecule has 0 spiro atoms. The van der Waals surface area contributed by atoms with E-state index in [1.807, 2.05) is 0 Å². The molecule has 1 amide bonds. The predicted molar refractivity (Wildman–Crippen MR) is 70.5 cm³/mol. The number of benzene rings is 1. The van der Waals surface area contributed by atoms with Crippen LogP contribution >= 0.6 is 0 Å². The summed E-state index contributed by atoms with van der Waals surface area (Å²) in [6, 6.07) is 6.26. The molecule has 1 atom stereocenters. The molecular weight excluding hydrogens is 248 g/mol. The molecule has 1 rings (SSSR count). The van der Waals surface area contributed by atoms with Crippen LogP contribution in [0.25, 0.3) is 0 Å². The number of carbonyl (C=O) groups excluding carboxylic acids is 2. The summed E-state index contributed by atoms with van der Waals surface area (Å²) in [5, 5.41) is 2.46. The van der Waals surface area contributed by atoms with Crippen molar-refractivity contribution in [2.24, 2.45) is 0 Å². The summed E-state index contributed by atoms with van der Waals surface area (Å²) < 4.78 is 9.40. The Labute approximate surface area is 111 Å². The molecule has 0 aliphatic heterocycles. The second kappa shape index (κ2) is 7.25. The fraction of sp³-hybridized carbons (Fsp3) is 0.385. The third kappa shape index (κ3) is 4.87. The Morgan fingerprint density at radius 2 is 1.95 bits per heavy atom. The van der Waals surface area contributed by atoms with Crippen LogP contribution in [0, 0.1) is 0 Å². The predicted octanol–water partition coefficient (Wildman–Crippen LogP) is 1.10. The van der Waals surface area contributed by atoms with E-state index in [-0.39, 0.29) is 6.61 Å². The van der Waals surface area contributed by atoms with Crippen molar-refractivity contribution >= 4 is 17.7 Å². The average Bonchev–Trinajstić information content (AvgIpc) is 2.40. The highest BCUT2D eigenvalue weighted by Crippen LogP contribution is 2.09. The van der Waals surface area contributed by atoms with Crippen molar-refractivity contribution in [3.63, 3.8) is 0 Å². The quantitative estimate of drug-likeness (QED) is 0.615. The van der Waals surface area contributed by atoms with E-state index < -0.39 is 18.1 Å². The molecular formula is C13H18N2O4. The lowest BCUT2D eigenvalue weighted by Gasteiger charge is -2.16. The third-order valence-electron chi connectivity index (χ3n) is 2.47. The van der Waals surface area contributed by atoms with Crippen LogP contribution in [0.15, 0.2) is 24.3 Å². The van der Waals surface area contributed by atoms with Gasteiger partial charge in [0.15, 0.2) is 0 Å². The maximum Gasteiger partial charge on any atom is 0.407 e. The number of ether oxygens (including phenoxy) is 2. The van der Waals surface area contributed by atoms with Gasteiger partial charge in [-0.15, -0.1) is 0 Å². The Morgan fingerprint density at radius 3 is 2.47 bits per heavy atom. The Hall–Kier alpha value is -2.24. The molecule has 104 valence electrons. The molecule has 3 N–H and O–H groups in total. The van der Waals surface area contributed by atoms with Crippen molar-refractivity contribution in [3.05, 3.63) is 29.8 Å². The van der Waals surface area contributed by atoms with Gasteiger partial charge in [-0.3, -0.25) is 0 Å². The molecule has 0 saturated carbocycles. The molecule has 0 fully saturated rings. The Bertz CT molecular complexity index is 431. The van der Waals surface area contributed by atoms with Gasteiger partial charge < -0.3 is 20.5 Å². The smallest absolute Gasteiger partial charge is 0.407 e. The number of nitrogen functional groups attached to an aromatic ring is 1. The molecule has 0 aliphatic carbocycles. The van der Waals surface area contributed by atoms with E-state index in [1.54, 1.807) is 31.2 Å². The van der Waals surface area contributed by atoms with E-state index in [9.17, 15) is 9.59 Å². The molecule has 0 aliphatic rings. The summed E-state index contributed by atoms with van der Waals surface area (Å²) in [5.41, 5.74) is 7.08. The lowest BCUT2D eigenvalue weighted by molar-refractivity contribution is -0.142. The van der Waals surface area contributed by atoms with Crippen molar-refractivity contribution in [2.75, 3.05) is 19.5 Å². The number of anilines is 1. The number of nitrogens with one attached hydrogen (secondary N) is 1. The molecule has 19 heavy (non-hydrogen) atoms. The summed E-state index contributed by atoms with van der Waals surface area (Å²) in [6.45, 7) is 1.92. The van der Waals surface area contributed by atoms with Gasteiger partial charge in [-0.2, -0.15) is 0 Å². The van der Waals surface area contributed by atoms with Gasteiger partial charge in [0, 0.05) is 12.1 Å². The Morgan fingerprint density at radius 1 is 1.32 bits per heavy atom. The molecule has 6 nitrogen and oxygen atoms in total. The first-order chi connectivity index (χ1) is 9.06. The number of carbonyl (C=O) groups is 2. The Balaban J connectivity index is 2.71. The average molecular weight is 266 g/mol. The van der Waals surface area contributed by atoms with Crippen LogP contribution < -0.4 is 11.1 Å². The van der Waals surface area contributed by atoms with Gasteiger partial charge >= 0.3 is 12.1 Å². The maximum absolute atomic E-state index is 11.6. The first kappa shape index (κ1) is 14.8. The van der Waals surface area contributed by atoms with E-state index in [1.165, 1.54) is 7.11 Å². The molecule has 1 aromatic carbocycles. The SMILES string of the molecule is CCOC(=O)N[C@@H](Cc1ccc(N)cc1)C(=O)OC. The number of alkyl carbamates (subject to hydrolysis) is 1. The topological polar surface area (TPSA) is 90.6 Å². The lowest BCUT2D eigenvalue weighted by atomic mass is 10.1. The molecule has 0 saturated heterocycles. The fourth-order valence-electron chi connectivity index (χ4n) is 1.54. The normalized spacial score (nSPS) is 11.5. The summed E-state index contributed by atoms with van der Waals surface area (Å²) in [5.74, 6) is -0.523. The summed E-state index contributed by atoms with van der Waals surface area (Å²) in [4.78, 5) is 23.0. The highest BCUT2D eigenvalue weighted by molar-refractivity contribution is 5.81. The molecule has 0 heterocycles. The van der Waals surface area contributed by atoms with E-state index in [0.29, 0.717) is 12.1 Å². The minimum Gasteiger partial charge on any atom is -0.467 e. The van der Waals surface area contributed by atoms with Crippen molar-refractivity contribution < 1.29 is 19.1 Å². The van der Waals surface area contributed by atoms with Gasteiger partial charge in [-0.1, -0.05) is 12.1 Å². The van der Waals surface area contributed by atoms with E-state index in [2.05, 4.69) is 10.1 Å². The highest BCUT2D eigenvalue weighted by Gasteiger charge is 2.22. The minimum atomic E-state index is -0.785. The van der Waals surface area contributed by atoms with Gasteiger partial charge in [0.1, 0.15) is 6.04 Å². The number of hydrogen-bond acceptors (Lipinski definition) is 5. The van der Waals surface area contributed by atoms with Crippen LogP contribution in [-0.2, 0) is 20.7 Å². The van der Waals surface area contributed by atoms with Crippen molar-refractivity contribution in [3.8, 4) is 0 Å². The van der Waals surface area contributed by atoms with Crippen LogP contribution in [-0.4, -0.2) is 31.8 Å². The highest BCUT2D eigenvalue weighted by atomic mass is 16.6. The van der Waals surface area contributed by atoms with Crippen molar-refractivity contribution in [1.29, 1.82) is 0 Å². The standard InChI is InChI=1S/C13H18N2O4/c1-3-19-13(17)15-11(12(16)18-2)8-9-4-6-10(14)7-5-9/h4-7,11H,3,8,14H2,1-2H3,(H,15,17)/t11-/m0/s1. The van der Waals surface area contributed by atoms with Crippen LogP contribution in [0.5, 0.6) is 0 Å². The zero-order valence-corrected chi connectivity index (χ0v) is 11.0. The summed E-state index contributed by atoms with van der Waals surface area (Å²) >= 11 is 0. The van der Waals surface area contributed by atoms with E-state index in [4.69, 9.17) is 10.5 Å². The molecule has 0 radical (unpaired) electrons. The summed E-state index contributed by atoms with van der Waals surface area (Å²) in [7, 11) is 1.27. The molecule has 0 unspecified atom stereocenters. The van der Waals surface area contributed by atoms with Crippen molar-refractivity contribution in [2.45, 2.75) is 19.4 Å². The first-order valence-corrected chi connectivity index (χ1v) is 5.92. The zero-order chi connectivity index (χ0) is 14.3. The minimum absolute atomic E-state index is 0.238. The zero-order valence-electron chi connectivity index (χ0n) is 11.0. The van der Waals surface area contributed by atoms with Crippen LogP contribution in [0.1, 0.15) is 12.5 Å². The van der Waals surface area contributed by atoms with Gasteiger partial charge in [0.05, 0.1) is 13.7 Å². The number of nitrogens with two attached hydrogens (primary N) is 1. The van der Waals surface area contributed by atoms with E-state index >= 15 is 0 Å². The first-order valence-electron chi connectivity index (χ1n) is 5.92. The van der Waals surface area contributed by atoms with Gasteiger partial charge in [0.25, 0.3) is 0 Å². The van der Waals surface area contributed by atoms with Crippen molar-refractivity contribution in [1.82, 2.24) is 5.32 Å². The largest absolute Gasteiger partial charge is 0.467 e. The number of rotatable bonds is 5.